The molecule has 1 aromatic carbocycles. The predicted octanol–water partition coefficient (Wildman–Crippen LogP) is 2.20. The number of rotatable bonds is 3. The summed E-state index contributed by atoms with van der Waals surface area (Å²) < 4.78 is 0. The van der Waals surface area contributed by atoms with E-state index >= 15 is 0 Å². The molecular weight excluding hydrogens is 200 g/mol. The number of aromatic amines is 1. The van der Waals surface area contributed by atoms with Crippen molar-refractivity contribution in [2.24, 2.45) is 0 Å². The average molecular weight is 212 g/mol. The molecule has 0 spiro atoms. The van der Waals surface area contributed by atoms with Gasteiger partial charge >= 0.3 is 0 Å². The Morgan fingerprint density at radius 2 is 2.31 bits per heavy atom. The summed E-state index contributed by atoms with van der Waals surface area (Å²) in [7, 11) is 0. The number of aromatic nitrogens is 2. The summed E-state index contributed by atoms with van der Waals surface area (Å²) in [6.07, 6.45) is 1.71. The summed E-state index contributed by atoms with van der Waals surface area (Å²) in [4.78, 5) is 0. The molecule has 0 fully saturated rings. The summed E-state index contributed by atoms with van der Waals surface area (Å²) in [5.74, 6) is 0. The van der Waals surface area contributed by atoms with E-state index in [4.69, 9.17) is 5.26 Å². The van der Waals surface area contributed by atoms with Crippen LogP contribution >= 0.6 is 0 Å². The molecule has 0 unspecified atom stereocenters. The van der Waals surface area contributed by atoms with E-state index in [0.29, 0.717) is 12.1 Å². The minimum atomic E-state index is 0.637. The Kier molecular flexibility index (Phi) is 2.88. The van der Waals surface area contributed by atoms with Crippen LogP contribution in [-0.4, -0.2) is 10.2 Å². The number of benzene rings is 1. The lowest BCUT2D eigenvalue weighted by Gasteiger charge is -2.07. The maximum Gasteiger partial charge on any atom is 0.101 e. The van der Waals surface area contributed by atoms with Crippen LogP contribution < -0.4 is 5.32 Å². The Bertz CT molecular complexity index is 508. The highest BCUT2D eigenvalue weighted by atomic mass is 15.1. The molecule has 0 saturated heterocycles. The van der Waals surface area contributed by atoms with Gasteiger partial charge in [-0.05, 0) is 30.7 Å². The molecule has 0 saturated carbocycles. The molecule has 2 rings (SSSR count). The van der Waals surface area contributed by atoms with E-state index in [1.165, 1.54) is 0 Å². The number of hydrogen-bond acceptors (Lipinski definition) is 3. The summed E-state index contributed by atoms with van der Waals surface area (Å²) in [5, 5.41) is 18.9. The number of nitrogens with zero attached hydrogens (tertiary/aromatic N) is 2. The number of hydrogen-bond donors (Lipinski definition) is 2. The highest BCUT2D eigenvalue weighted by molar-refractivity contribution is 5.58. The molecule has 80 valence electrons. The highest BCUT2D eigenvalue weighted by Crippen LogP contribution is 2.17. The maximum atomic E-state index is 8.96. The zero-order chi connectivity index (χ0) is 11.4. The van der Waals surface area contributed by atoms with Gasteiger partial charge in [0, 0.05) is 6.20 Å². The standard InChI is InChI=1S/C12H12N4/c1-9-2-3-10(7-13)12(6-9)14-8-11-4-5-15-16-11/h2-6,14H,8H2,1H3,(H,15,16). The lowest BCUT2D eigenvalue weighted by molar-refractivity contribution is 0.980. The van der Waals surface area contributed by atoms with Crippen molar-refractivity contribution in [2.45, 2.75) is 13.5 Å². The van der Waals surface area contributed by atoms with Crippen LogP contribution in [0.1, 0.15) is 16.8 Å². The lowest BCUT2D eigenvalue weighted by Crippen LogP contribution is -2.02. The maximum absolute atomic E-state index is 8.96. The Labute approximate surface area is 93.9 Å². The van der Waals surface area contributed by atoms with Gasteiger partial charge in [0.25, 0.3) is 0 Å². The molecule has 16 heavy (non-hydrogen) atoms. The van der Waals surface area contributed by atoms with Crippen molar-refractivity contribution in [1.29, 1.82) is 5.26 Å². The fourth-order valence-electron chi connectivity index (χ4n) is 1.48. The van der Waals surface area contributed by atoms with Gasteiger partial charge in [0.05, 0.1) is 23.5 Å². The molecule has 2 aromatic rings. The van der Waals surface area contributed by atoms with Crippen LogP contribution in [0.5, 0.6) is 0 Å². The van der Waals surface area contributed by atoms with Crippen LogP contribution in [0.3, 0.4) is 0 Å². The minimum Gasteiger partial charge on any atom is -0.378 e. The zero-order valence-electron chi connectivity index (χ0n) is 8.99. The second kappa shape index (κ2) is 4.49. The molecule has 2 N–H and O–H groups in total. The van der Waals surface area contributed by atoms with Gasteiger partial charge in [0.2, 0.25) is 0 Å². The summed E-state index contributed by atoms with van der Waals surface area (Å²) in [6.45, 7) is 2.64. The molecule has 0 aliphatic rings. The fourth-order valence-corrected chi connectivity index (χ4v) is 1.48. The zero-order valence-corrected chi connectivity index (χ0v) is 8.99. The van der Waals surface area contributed by atoms with E-state index in [9.17, 15) is 0 Å². The van der Waals surface area contributed by atoms with E-state index in [0.717, 1.165) is 16.9 Å². The third-order valence-electron chi connectivity index (χ3n) is 2.32. The molecule has 0 amide bonds. The van der Waals surface area contributed by atoms with Gasteiger partial charge in [-0.2, -0.15) is 10.4 Å². The van der Waals surface area contributed by atoms with Gasteiger partial charge in [0.1, 0.15) is 6.07 Å². The molecule has 0 aliphatic heterocycles. The molecule has 1 heterocycles. The van der Waals surface area contributed by atoms with Gasteiger partial charge in [-0.25, -0.2) is 0 Å². The Morgan fingerprint density at radius 1 is 1.44 bits per heavy atom. The van der Waals surface area contributed by atoms with E-state index in [1.807, 2.05) is 31.2 Å². The van der Waals surface area contributed by atoms with Crippen LogP contribution in [0, 0.1) is 18.3 Å². The number of H-pyrrole nitrogens is 1. The minimum absolute atomic E-state index is 0.637. The van der Waals surface area contributed by atoms with Crippen molar-refractivity contribution in [3.8, 4) is 6.07 Å². The van der Waals surface area contributed by atoms with E-state index < -0.39 is 0 Å². The number of nitriles is 1. The SMILES string of the molecule is Cc1ccc(C#N)c(NCc2ccn[nH]2)c1. The van der Waals surface area contributed by atoms with Crippen molar-refractivity contribution in [3.05, 3.63) is 47.3 Å². The Hall–Kier alpha value is -2.28. The summed E-state index contributed by atoms with van der Waals surface area (Å²) >= 11 is 0. The molecule has 0 aliphatic carbocycles. The Balaban J connectivity index is 2.15. The largest absolute Gasteiger partial charge is 0.378 e. The van der Waals surface area contributed by atoms with Crippen molar-refractivity contribution in [2.75, 3.05) is 5.32 Å². The number of anilines is 1. The van der Waals surface area contributed by atoms with Gasteiger partial charge in [-0.1, -0.05) is 6.07 Å². The molecule has 4 heteroatoms. The topological polar surface area (TPSA) is 64.5 Å². The normalized spacial score (nSPS) is 9.75. The Morgan fingerprint density at radius 3 is 3.00 bits per heavy atom. The van der Waals surface area contributed by atoms with Gasteiger partial charge in [-0.3, -0.25) is 5.10 Å². The van der Waals surface area contributed by atoms with Crippen molar-refractivity contribution >= 4 is 5.69 Å². The number of nitrogens with one attached hydrogen (secondary N) is 2. The summed E-state index contributed by atoms with van der Waals surface area (Å²) in [6, 6.07) is 9.78. The first-order valence-corrected chi connectivity index (χ1v) is 5.02. The van der Waals surface area contributed by atoms with Crippen LogP contribution in [0.2, 0.25) is 0 Å². The predicted molar refractivity (Wildman–Crippen MR) is 61.8 cm³/mol. The molecule has 1 aromatic heterocycles. The van der Waals surface area contributed by atoms with E-state index in [1.54, 1.807) is 6.20 Å². The van der Waals surface area contributed by atoms with Crippen LogP contribution in [-0.2, 0) is 6.54 Å². The third-order valence-corrected chi connectivity index (χ3v) is 2.32. The van der Waals surface area contributed by atoms with E-state index in [-0.39, 0.29) is 0 Å². The second-order valence-electron chi connectivity index (χ2n) is 3.60. The highest BCUT2D eigenvalue weighted by Gasteiger charge is 2.02. The van der Waals surface area contributed by atoms with Crippen molar-refractivity contribution < 1.29 is 0 Å². The van der Waals surface area contributed by atoms with Crippen molar-refractivity contribution in [1.82, 2.24) is 10.2 Å². The first kappa shape index (κ1) is 10.2. The number of aryl methyl sites for hydroxylation is 1. The molecule has 0 atom stereocenters. The van der Waals surface area contributed by atoms with Crippen LogP contribution in [0.15, 0.2) is 30.5 Å². The fraction of sp³-hybridized carbons (Fsp3) is 0.167. The lowest BCUT2D eigenvalue weighted by atomic mass is 10.1. The van der Waals surface area contributed by atoms with Gasteiger partial charge in [-0.15, -0.1) is 0 Å². The average Bonchev–Trinajstić information content (AvgIpc) is 2.79. The van der Waals surface area contributed by atoms with Crippen molar-refractivity contribution in [3.63, 3.8) is 0 Å². The quantitative estimate of drug-likeness (QED) is 0.819. The molecule has 4 nitrogen and oxygen atoms in total. The summed E-state index contributed by atoms with van der Waals surface area (Å²) in [5.41, 5.74) is 3.64. The van der Waals surface area contributed by atoms with E-state index in [2.05, 4.69) is 21.6 Å². The van der Waals surface area contributed by atoms with Gasteiger partial charge in [0.15, 0.2) is 0 Å². The monoisotopic (exact) mass is 212 g/mol. The van der Waals surface area contributed by atoms with Gasteiger partial charge < -0.3 is 5.32 Å². The molecule has 0 radical (unpaired) electrons. The first-order chi connectivity index (χ1) is 7.79. The van der Waals surface area contributed by atoms with Crippen LogP contribution in [0.4, 0.5) is 5.69 Å². The smallest absolute Gasteiger partial charge is 0.101 e. The molecule has 0 bridgehead atoms. The second-order valence-corrected chi connectivity index (χ2v) is 3.60. The van der Waals surface area contributed by atoms with Crippen LogP contribution in [0.25, 0.3) is 0 Å². The third kappa shape index (κ3) is 2.20. The molecular formula is C12H12N4. The first-order valence-electron chi connectivity index (χ1n) is 5.02.